The molecule has 146 valence electrons. The highest BCUT2D eigenvalue weighted by atomic mass is 32.2. The molecule has 0 aliphatic carbocycles. The molecule has 7 nitrogen and oxygen atoms in total. The molecule has 0 aliphatic heterocycles. The maximum absolute atomic E-state index is 12.0. The van der Waals surface area contributed by atoms with E-state index in [2.05, 4.69) is 14.5 Å². The second-order valence-electron chi connectivity index (χ2n) is 6.79. The molecule has 0 aromatic carbocycles. The SMILES string of the molecule is CCCCS(=O)(=O)CCCCC(COC)n1cnc2c(N)ncc(C)c21. The summed E-state index contributed by atoms with van der Waals surface area (Å²) in [5.74, 6) is 0.971. The lowest BCUT2D eigenvalue weighted by Gasteiger charge is -2.19. The summed E-state index contributed by atoms with van der Waals surface area (Å²) in [6, 6.07) is 0.0869. The Kier molecular flexibility index (Phi) is 7.40. The number of anilines is 1. The minimum absolute atomic E-state index is 0.0869. The topological polar surface area (TPSA) is 100 Å². The summed E-state index contributed by atoms with van der Waals surface area (Å²) >= 11 is 0. The molecule has 0 spiro atoms. The number of hydrogen-bond donors (Lipinski definition) is 1. The van der Waals surface area contributed by atoms with Crippen LogP contribution in [0.15, 0.2) is 12.5 Å². The van der Waals surface area contributed by atoms with E-state index in [4.69, 9.17) is 10.5 Å². The van der Waals surface area contributed by atoms with Gasteiger partial charge in [0.25, 0.3) is 0 Å². The third-order valence-electron chi connectivity index (χ3n) is 4.61. The zero-order valence-corrected chi connectivity index (χ0v) is 16.8. The number of hydrogen-bond acceptors (Lipinski definition) is 6. The van der Waals surface area contributed by atoms with Crippen molar-refractivity contribution >= 4 is 26.7 Å². The van der Waals surface area contributed by atoms with Gasteiger partial charge in [0, 0.05) is 13.3 Å². The fourth-order valence-corrected chi connectivity index (χ4v) is 4.74. The number of nitrogen functional groups attached to an aromatic ring is 1. The number of nitrogens with two attached hydrogens (primary N) is 1. The van der Waals surface area contributed by atoms with Crippen molar-refractivity contribution in [3.05, 3.63) is 18.1 Å². The monoisotopic (exact) mass is 382 g/mol. The maximum Gasteiger partial charge on any atom is 0.151 e. The molecule has 0 radical (unpaired) electrons. The van der Waals surface area contributed by atoms with Crippen molar-refractivity contribution in [2.75, 3.05) is 31.0 Å². The largest absolute Gasteiger partial charge is 0.383 e. The van der Waals surface area contributed by atoms with Crippen LogP contribution in [0.25, 0.3) is 11.0 Å². The van der Waals surface area contributed by atoms with E-state index in [0.29, 0.717) is 30.1 Å². The Morgan fingerprint density at radius 3 is 2.65 bits per heavy atom. The number of ether oxygens (including phenoxy) is 1. The molecule has 0 aliphatic rings. The predicted molar refractivity (Wildman–Crippen MR) is 105 cm³/mol. The van der Waals surface area contributed by atoms with Crippen LogP contribution >= 0.6 is 0 Å². The minimum atomic E-state index is -2.93. The van der Waals surface area contributed by atoms with Gasteiger partial charge in [0.15, 0.2) is 5.82 Å². The number of aromatic nitrogens is 3. The number of unbranched alkanes of at least 4 members (excludes halogenated alkanes) is 2. The smallest absolute Gasteiger partial charge is 0.151 e. The van der Waals surface area contributed by atoms with Gasteiger partial charge in [-0.2, -0.15) is 0 Å². The Balaban J connectivity index is 2.05. The lowest BCUT2D eigenvalue weighted by molar-refractivity contribution is 0.151. The van der Waals surface area contributed by atoms with Crippen molar-refractivity contribution in [2.24, 2.45) is 0 Å². The van der Waals surface area contributed by atoms with E-state index >= 15 is 0 Å². The quantitative estimate of drug-likeness (QED) is 0.600. The lowest BCUT2D eigenvalue weighted by Crippen LogP contribution is -2.16. The summed E-state index contributed by atoms with van der Waals surface area (Å²) in [7, 11) is -1.26. The molecular formula is C18H30N4O3S. The number of imidazole rings is 1. The third-order valence-corrected chi connectivity index (χ3v) is 6.43. The van der Waals surface area contributed by atoms with Crippen LogP contribution < -0.4 is 5.73 Å². The highest BCUT2D eigenvalue weighted by molar-refractivity contribution is 7.91. The Hall–Kier alpha value is -1.67. The van der Waals surface area contributed by atoms with Crippen LogP contribution in [0.3, 0.4) is 0 Å². The van der Waals surface area contributed by atoms with E-state index in [-0.39, 0.29) is 11.8 Å². The molecule has 2 heterocycles. The van der Waals surface area contributed by atoms with E-state index in [0.717, 1.165) is 36.8 Å². The Morgan fingerprint density at radius 1 is 1.23 bits per heavy atom. The highest BCUT2D eigenvalue weighted by Gasteiger charge is 2.18. The molecule has 0 bridgehead atoms. The van der Waals surface area contributed by atoms with Crippen LogP contribution in [0.4, 0.5) is 5.82 Å². The molecule has 0 amide bonds. The van der Waals surface area contributed by atoms with Crippen molar-refractivity contribution in [2.45, 2.75) is 52.0 Å². The van der Waals surface area contributed by atoms with Gasteiger partial charge >= 0.3 is 0 Å². The molecule has 2 aromatic heterocycles. The van der Waals surface area contributed by atoms with E-state index < -0.39 is 9.84 Å². The average molecular weight is 383 g/mol. The van der Waals surface area contributed by atoms with Crippen LogP contribution in [0.1, 0.15) is 50.6 Å². The van der Waals surface area contributed by atoms with Gasteiger partial charge in [0.05, 0.1) is 36.0 Å². The molecule has 2 N–H and O–H groups in total. The van der Waals surface area contributed by atoms with Crippen molar-refractivity contribution in [1.29, 1.82) is 0 Å². The predicted octanol–water partition coefficient (Wildman–Crippen LogP) is 2.89. The zero-order chi connectivity index (χ0) is 19.2. The van der Waals surface area contributed by atoms with Crippen molar-refractivity contribution in [1.82, 2.24) is 14.5 Å². The molecule has 26 heavy (non-hydrogen) atoms. The van der Waals surface area contributed by atoms with Crippen molar-refractivity contribution in [3.8, 4) is 0 Å². The van der Waals surface area contributed by atoms with Gasteiger partial charge in [0.2, 0.25) is 0 Å². The summed E-state index contributed by atoms with van der Waals surface area (Å²) < 4.78 is 31.4. The van der Waals surface area contributed by atoms with E-state index in [1.165, 1.54) is 0 Å². The van der Waals surface area contributed by atoms with Crippen LogP contribution in [-0.2, 0) is 14.6 Å². The summed E-state index contributed by atoms with van der Waals surface area (Å²) in [6.07, 6.45) is 7.48. The van der Waals surface area contributed by atoms with Crippen molar-refractivity contribution < 1.29 is 13.2 Å². The first-order valence-electron chi connectivity index (χ1n) is 9.16. The van der Waals surface area contributed by atoms with Gasteiger partial charge in [-0.1, -0.05) is 19.8 Å². The number of pyridine rings is 1. The Bertz CT molecular complexity index is 817. The fourth-order valence-electron chi connectivity index (χ4n) is 3.17. The summed E-state index contributed by atoms with van der Waals surface area (Å²) in [5, 5.41) is 0. The lowest BCUT2D eigenvalue weighted by atomic mass is 10.1. The molecule has 0 saturated carbocycles. The van der Waals surface area contributed by atoms with Gasteiger partial charge < -0.3 is 15.0 Å². The molecule has 2 rings (SSSR count). The first-order chi connectivity index (χ1) is 12.4. The van der Waals surface area contributed by atoms with Crippen LogP contribution in [0.5, 0.6) is 0 Å². The van der Waals surface area contributed by atoms with E-state index in [1.807, 2.05) is 13.8 Å². The number of nitrogens with zero attached hydrogens (tertiary/aromatic N) is 3. The van der Waals surface area contributed by atoms with Gasteiger partial charge in [-0.05, 0) is 31.7 Å². The standard InChI is InChI=1S/C18H30N4O3S/c1-4-5-9-26(23,24)10-7-6-8-15(12-25-3)22-13-21-16-17(22)14(2)11-20-18(16)19/h11,13,15H,4-10,12H2,1-3H3,(H2,19,20). The number of rotatable bonds is 11. The molecule has 8 heteroatoms. The summed E-state index contributed by atoms with van der Waals surface area (Å²) in [6.45, 7) is 4.53. The molecule has 1 atom stereocenters. The molecule has 1 unspecified atom stereocenters. The van der Waals surface area contributed by atoms with E-state index in [1.54, 1.807) is 19.6 Å². The highest BCUT2D eigenvalue weighted by Crippen LogP contribution is 2.26. The van der Waals surface area contributed by atoms with Gasteiger partial charge in [-0.3, -0.25) is 0 Å². The zero-order valence-electron chi connectivity index (χ0n) is 15.9. The first-order valence-corrected chi connectivity index (χ1v) is 11.0. The molecular weight excluding hydrogens is 352 g/mol. The summed E-state index contributed by atoms with van der Waals surface area (Å²) in [4.78, 5) is 8.56. The summed E-state index contributed by atoms with van der Waals surface area (Å²) in [5.41, 5.74) is 8.62. The normalized spacial score (nSPS) is 13.3. The molecule has 0 fully saturated rings. The van der Waals surface area contributed by atoms with Crippen LogP contribution in [0, 0.1) is 6.92 Å². The van der Waals surface area contributed by atoms with Gasteiger partial charge in [-0.15, -0.1) is 0 Å². The van der Waals surface area contributed by atoms with Gasteiger partial charge in [0.1, 0.15) is 15.4 Å². The third kappa shape index (κ3) is 5.17. The second kappa shape index (κ2) is 9.32. The van der Waals surface area contributed by atoms with Crippen LogP contribution in [0.2, 0.25) is 0 Å². The van der Waals surface area contributed by atoms with Crippen LogP contribution in [-0.4, -0.2) is 48.2 Å². The second-order valence-corrected chi connectivity index (χ2v) is 9.09. The Labute approximate surface area is 155 Å². The first kappa shape index (κ1) is 20.6. The van der Waals surface area contributed by atoms with Crippen molar-refractivity contribution in [3.63, 3.8) is 0 Å². The number of fused-ring (bicyclic) bond motifs is 1. The molecule has 0 saturated heterocycles. The maximum atomic E-state index is 12.0. The fraction of sp³-hybridized carbons (Fsp3) is 0.667. The molecule has 2 aromatic rings. The number of methoxy groups -OCH3 is 1. The number of aryl methyl sites for hydroxylation is 1. The number of sulfone groups is 1. The minimum Gasteiger partial charge on any atom is -0.383 e. The average Bonchev–Trinajstić information content (AvgIpc) is 3.05. The Morgan fingerprint density at radius 2 is 1.96 bits per heavy atom. The van der Waals surface area contributed by atoms with E-state index in [9.17, 15) is 8.42 Å². The van der Waals surface area contributed by atoms with Gasteiger partial charge in [-0.25, -0.2) is 18.4 Å².